The average molecular weight is 365 g/mol. The summed E-state index contributed by atoms with van der Waals surface area (Å²) in [7, 11) is 0. The zero-order chi connectivity index (χ0) is 18.5. The van der Waals surface area contributed by atoms with Crippen molar-refractivity contribution in [3.63, 3.8) is 0 Å². The molecule has 138 valence electrons. The zero-order valence-electron chi connectivity index (χ0n) is 14.9. The Kier molecular flexibility index (Phi) is 10.2. The fourth-order valence-electron chi connectivity index (χ4n) is 2.32. The van der Waals surface area contributed by atoms with Gasteiger partial charge in [0.15, 0.2) is 5.11 Å². The highest BCUT2D eigenvalue weighted by atomic mass is 32.1. The molecule has 0 saturated carbocycles. The third-order valence-electron chi connectivity index (χ3n) is 3.55. The maximum Gasteiger partial charge on any atom is 0.242 e. The van der Waals surface area contributed by atoms with Crippen molar-refractivity contribution >= 4 is 29.1 Å². The molecule has 1 aromatic rings. The maximum absolute atomic E-state index is 12.3. The number of thiocarbonyl (C=S) groups is 1. The number of unbranched alkanes of at least 4 members (excludes halogenated alkanes) is 1. The molecule has 1 unspecified atom stereocenters. The largest absolute Gasteiger partial charge is 0.363 e. The highest BCUT2D eigenvalue weighted by Crippen LogP contribution is 2.03. The van der Waals surface area contributed by atoms with E-state index in [2.05, 4.69) is 21.3 Å². The van der Waals surface area contributed by atoms with Gasteiger partial charge in [0.2, 0.25) is 11.8 Å². The zero-order valence-corrected chi connectivity index (χ0v) is 15.7. The minimum atomic E-state index is -0.512. The van der Waals surface area contributed by atoms with Gasteiger partial charge in [-0.05, 0) is 44.0 Å². The number of hydrogen-bond donors (Lipinski definition) is 4. The predicted octanol–water partition coefficient (Wildman–Crippen LogP) is 1.46. The van der Waals surface area contributed by atoms with Gasteiger partial charge >= 0.3 is 0 Å². The van der Waals surface area contributed by atoms with Crippen LogP contribution in [0, 0.1) is 0 Å². The first-order valence-corrected chi connectivity index (χ1v) is 9.04. The lowest BCUT2D eigenvalue weighted by Crippen LogP contribution is -2.45. The van der Waals surface area contributed by atoms with Crippen LogP contribution in [0.2, 0.25) is 0 Å². The van der Waals surface area contributed by atoms with Crippen LogP contribution in [0.15, 0.2) is 30.3 Å². The summed E-state index contributed by atoms with van der Waals surface area (Å²) in [5.74, 6) is -0.360. The number of carbonyl (C=O) groups is 2. The lowest BCUT2D eigenvalue weighted by Gasteiger charge is -2.18. The van der Waals surface area contributed by atoms with Crippen molar-refractivity contribution < 1.29 is 9.59 Å². The summed E-state index contributed by atoms with van der Waals surface area (Å²) in [5, 5.41) is 12.4. The first kappa shape index (κ1) is 20.9. The monoisotopic (exact) mass is 364 g/mol. The van der Waals surface area contributed by atoms with Crippen molar-refractivity contribution in [3.05, 3.63) is 35.9 Å². The normalized spacial score (nSPS) is 11.3. The van der Waals surface area contributed by atoms with Gasteiger partial charge in [-0.2, -0.15) is 0 Å². The van der Waals surface area contributed by atoms with Crippen molar-refractivity contribution in [2.45, 2.75) is 45.7 Å². The molecule has 1 rings (SSSR count). The first-order valence-electron chi connectivity index (χ1n) is 8.63. The number of rotatable bonds is 10. The second-order valence-electron chi connectivity index (χ2n) is 5.74. The summed E-state index contributed by atoms with van der Waals surface area (Å²) in [6, 6.07) is 9.18. The topological polar surface area (TPSA) is 82.3 Å². The Balaban J connectivity index is 2.35. The van der Waals surface area contributed by atoms with Crippen LogP contribution in [-0.4, -0.2) is 36.1 Å². The molecule has 1 atom stereocenters. The van der Waals surface area contributed by atoms with E-state index in [4.69, 9.17) is 12.2 Å². The van der Waals surface area contributed by atoms with Crippen LogP contribution in [0.25, 0.3) is 0 Å². The summed E-state index contributed by atoms with van der Waals surface area (Å²) in [6.07, 6.45) is 2.27. The Morgan fingerprint density at radius 3 is 2.44 bits per heavy atom. The highest BCUT2D eigenvalue weighted by Gasteiger charge is 2.18. The van der Waals surface area contributed by atoms with E-state index < -0.39 is 6.04 Å². The lowest BCUT2D eigenvalue weighted by atomic mass is 10.1. The molecule has 7 heteroatoms. The van der Waals surface area contributed by atoms with E-state index in [9.17, 15) is 9.59 Å². The molecule has 4 N–H and O–H groups in total. The molecule has 0 aromatic heterocycles. The number of benzene rings is 1. The van der Waals surface area contributed by atoms with E-state index in [1.807, 2.05) is 37.3 Å². The molecule has 25 heavy (non-hydrogen) atoms. The van der Waals surface area contributed by atoms with Gasteiger partial charge in [-0.25, -0.2) is 0 Å². The van der Waals surface area contributed by atoms with Crippen molar-refractivity contribution in [1.82, 2.24) is 21.3 Å². The minimum absolute atomic E-state index is 0.157. The molecule has 6 nitrogen and oxygen atoms in total. The van der Waals surface area contributed by atoms with Crippen LogP contribution in [0.3, 0.4) is 0 Å². The summed E-state index contributed by atoms with van der Waals surface area (Å²) in [4.78, 5) is 23.7. The molecule has 0 fully saturated rings. The van der Waals surface area contributed by atoms with Gasteiger partial charge in [0, 0.05) is 26.6 Å². The van der Waals surface area contributed by atoms with Gasteiger partial charge in [-0.1, -0.05) is 30.3 Å². The standard InChI is InChI=1S/C18H28N4O2S/c1-3-19-18(25)20-12-8-7-11-16(22-14(2)23)17(24)21-13-15-9-5-4-6-10-15/h4-6,9-10,16H,3,7-8,11-13H2,1-2H3,(H,21,24)(H,22,23)(H2,19,20,25). The average Bonchev–Trinajstić information content (AvgIpc) is 2.59. The molecule has 0 aliphatic rings. The maximum atomic E-state index is 12.3. The quantitative estimate of drug-likeness (QED) is 0.373. The third kappa shape index (κ3) is 9.66. The summed E-state index contributed by atoms with van der Waals surface area (Å²) >= 11 is 5.09. The van der Waals surface area contributed by atoms with Gasteiger partial charge in [-0.3, -0.25) is 9.59 Å². The third-order valence-corrected chi connectivity index (χ3v) is 3.83. The summed E-state index contributed by atoms with van der Waals surface area (Å²) in [6.45, 7) is 5.39. The van der Waals surface area contributed by atoms with E-state index in [1.54, 1.807) is 0 Å². The van der Waals surface area contributed by atoms with Crippen LogP contribution in [0.1, 0.15) is 38.7 Å². The minimum Gasteiger partial charge on any atom is -0.363 e. The van der Waals surface area contributed by atoms with Gasteiger partial charge < -0.3 is 21.3 Å². The fraction of sp³-hybridized carbons (Fsp3) is 0.500. The molecular formula is C18H28N4O2S. The Bertz CT molecular complexity index is 551. The second kappa shape index (κ2) is 12.2. The number of carbonyl (C=O) groups excluding carboxylic acids is 2. The van der Waals surface area contributed by atoms with E-state index in [1.165, 1.54) is 6.92 Å². The fourth-order valence-corrected chi connectivity index (χ4v) is 2.57. The summed E-state index contributed by atoms with van der Waals surface area (Å²) < 4.78 is 0. The molecule has 2 amide bonds. The van der Waals surface area contributed by atoms with Crippen molar-refractivity contribution in [2.75, 3.05) is 13.1 Å². The number of hydrogen-bond acceptors (Lipinski definition) is 3. The van der Waals surface area contributed by atoms with E-state index in [-0.39, 0.29) is 11.8 Å². The van der Waals surface area contributed by atoms with Crippen LogP contribution >= 0.6 is 12.2 Å². The van der Waals surface area contributed by atoms with Crippen molar-refractivity contribution in [3.8, 4) is 0 Å². The smallest absolute Gasteiger partial charge is 0.242 e. The number of amides is 2. The van der Waals surface area contributed by atoms with Gasteiger partial charge in [0.1, 0.15) is 6.04 Å². The Labute approximate surface area is 155 Å². The van der Waals surface area contributed by atoms with Gasteiger partial charge in [0.25, 0.3) is 0 Å². The molecule has 0 bridgehead atoms. The van der Waals surface area contributed by atoms with E-state index in [0.29, 0.717) is 18.1 Å². The lowest BCUT2D eigenvalue weighted by molar-refractivity contribution is -0.128. The van der Waals surface area contributed by atoms with Crippen molar-refractivity contribution in [1.29, 1.82) is 0 Å². The molecule has 0 radical (unpaired) electrons. The Morgan fingerprint density at radius 2 is 1.80 bits per heavy atom. The van der Waals surface area contributed by atoms with Crippen LogP contribution in [0.5, 0.6) is 0 Å². The number of nitrogens with one attached hydrogen (secondary N) is 4. The second-order valence-corrected chi connectivity index (χ2v) is 6.15. The highest BCUT2D eigenvalue weighted by molar-refractivity contribution is 7.80. The Hall–Kier alpha value is -2.15. The molecule has 0 aliphatic carbocycles. The van der Waals surface area contributed by atoms with Crippen LogP contribution < -0.4 is 21.3 Å². The molecule has 0 heterocycles. The molecular weight excluding hydrogens is 336 g/mol. The van der Waals surface area contributed by atoms with Gasteiger partial charge in [-0.15, -0.1) is 0 Å². The van der Waals surface area contributed by atoms with E-state index >= 15 is 0 Å². The van der Waals surface area contributed by atoms with Crippen molar-refractivity contribution in [2.24, 2.45) is 0 Å². The molecule has 0 spiro atoms. The van der Waals surface area contributed by atoms with Crippen LogP contribution in [-0.2, 0) is 16.1 Å². The van der Waals surface area contributed by atoms with E-state index in [0.717, 1.165) is 31.5 Å². The first-order chi connectivity index (χ1) is 12.0. The SMILES string of the molecule is CCNC(=S)NCCCCC(NC(C)=O)C(=O)NCc1ccccc1. The molecule has 0 saturated heterocycles. The van der Waals surface area contributed by atoms with Gasteiger partial charge in [0.05, 0.1) is 0 Å². The Morgan fingerprint density at radius 1 is 1.08 bits per heavy atom. The molecule has 1 aromatic carbocycles. The molecule has 0 aliphatic heterocycles. The summed E-state index contributed by atoms with van der Waals surface area (Å²) in [5.41, 5.74) is 1.03. The van der Waals surface area contributed by atoms with Crippen LogP contribution in [0.4, 0.5) is 0 Å². The predicted molar refractivity (Wildman–Crippen MR) is 104 cm³/mol.